The van der Waals surface area contributed by atoms with Crippen LogP contribution in [0.2, 0.25) is 0 Å². The number of benzene rings is 1. The number of ether oxygens (including phenoxy) is 1. The summed E-state index contributed by atoms with van der Waals surface area (Å²) in [5.41, 5.74) is 0.704. The molecule has 0 radical (unpaired) electrons. The predicted molar refractivity (Wildman–Crippen MR) is 95.4 cm³/mol. The lowest BCUT2D eigenvalue weighted by molar-refractivity contribution is -0.149. The van der Waals surface area contributed by atoms with Crippen molar-refractivity contribution in [3.05, 3.63) is 35.9 Å². The maximum Gasteiger partial charge on any atom is 0.335 e. The van der Waals surface area contributed by atoms with Gasteiger partial charge >= 0.3 is 23.8 Å². The number of hydrogen-bond donors (Lipinski definition) is 0. The zero-order valence-electron chi connectivity index (χ0n) is 15.5. The van der Waals surface area contributed by atoms with Crippen LogP contribution in [-0.2, 0) is 30.5 Å². The molecule has 2 heterocycles. The van der Waals surface area contributed by atoms with Gasteiger partial charge in [-0.05, 0) is 18.4 Å². The molecule has 0 spiro atoms. The molecule has 2 aliphatic heterocycles. The number of methoxy groups -OCH3 is 1. The van der Waals surface area contributed by atoms with E-state index >= 15 is 0 Å². The number of rotatable bonds is 5. The predicted octanol–water partition coefficient (Wildman–Crippen LogP) is 0.389. The molecule has 0 aliphatic carbocycles. The van der Waals surface area contributed by atoms with Crippen molar-refractivity contribution >= 4 is 29.7 Å². The Kier molecular flexibility index (Phi) is 5.72. The summed E-state index contributed by atoms with van der Waals surface area (Å²) >= 11 is 0. The van der Waals surface area contributed by atoms with E-state index in [-0.39, 0.29) is 18.4 Å². The normalized spacial score (nSPS) is 18.0. The summed E-state index contributed by atoms with van der Waals surface area (Å²) in [5, 5.41) is 0. The molecule has 2 aliphatic rings. The van der Waals surface area contributed by atoms with Gasteiger partial charge in [0.1, 0.15) is 6.54 Å². The van der Waals surface area contributed by atoms with Crippen molar-refractivity contribution in [3.8, 4) is 0 Å². The molecule has 2 saturated heterocycles. The average molecular weight is 387 g/mol. The minimum atomic E-state index is -1.00. The van der Waals surface area contributed by atoms with E-state index in [9.17, 15) is 24.0 Å². The Morgan fingerprint density at radius 3 is 2.21 bits per heavy atom. The lowest BCUT2D eigenvalue weighted by atomic mass is 9.97. The minimum absolute atomic E-state index is 0.0283. The highest BCUT2D eigenvalue weighted by Gasteiger charge is 2.45. The lowest BCUT2D eigenvalue weighted by Gasteiger charge is -2.31. The van der Waals surface area contributed by atoms with Gasteiger partial charge in [-0.2, -0.15) is 0 Å². The SMILES string of the molecule is COC(=O)C1CCN(C(=O)CN2C(=O)C(=O)N(Cc3ccccc3)C2=O)CC1. The van der Waals surface area contributed by atoms with Gasteiger partial charge in [-0.3, -0.25) is 24.1 Å². The molecule has 2 fully saturated rings. The van der Waals surface area contributed by atoms with Gasteiger partial charge in [0, 0.05) is 13.1 Å². The first-order chi connectivity index (χ1) is 13.4. The first kappa shape index (κ1) is 19.5. The summed E-state index contributed by atoms with van der Waals surface area (Å²) < 4.78 is 4.71. The Labute approximate surface area is 161 Å². The fraction of sp³-hybridized carbons (Fsp3) is 0.421. The Morgan fingerprint density at radius 1 is 1.00 bits per heavy atom. The Bertz CT molecular complexity index is 801. The third-order valence-electron chi connectivity index (χ3n) is 4.99. The molecular formula is C19H21N3O6. The summed E-state index contributed by atoms with van der Waals surface area (Å²) in [6.45, 7) is 0.143. The van der Waals surface area contributed by atoms with Crippen molar-refractivity contribution in [2.45, 2.75) is 19.4 Å². The van der Waals surface area contributed by atoms with Crippen molar-refractivity contribution in [2.24, 2.45) is 5.92 Å². The molecule has 5 amide bonds. The highest BCUT2D eigenvalue weighted by atomic mass is 16.5. The Morgan fingerprint density at radius 2 is 1.61 bits per heavy atom. The van der Waals surface area contributed by atoms with Crippen LogP contribution >= 0.6 is 0 Å². The van der Waals surface area contributed by atoms with Gasteiger partial charge in [0.15, 0.2) is 0 Å². The molecule has 9 nitrogen and oxygen atoms in total. The largest absolute Gasteiger partial charge is 0.469 e. The summed E-state index contributed by atoms with van der Waals surface area (Å²) in [4.78, 5) is 64.0. The molecule has 1 aromatic carbocycles. The number of amides is 5. The van der Waals surface area contributed by atoms with E-state index in [1.54, 1.807) is 30.3 Å². The Hall–Kier alpha value is -3.23. The van der Waals surface area contributed by atoms with Gasteiger partial charge < -0.3 is 9.64 Å². The fourth-order valence-electron chi connectivity index (χ4n) is 3.36. The maximum absolute atomic E-state index is 12.5. The number of piperidine rings is 1. The second-order valence-electron chi connectivity index (χ2n) is 6.73. The quantitative estimate of drug-likeness (QED) is 0.411. The van der Waals surface area contributed by atoms with Gasteiger partial charge in [-0.25, -0.2) is 9.69 Å². The first-order valence-electron chi connectivity index (χ1n) is 8.99. The van der Waals surface area contributed by atoms with Crippen molar-refractivity contribution in [1.82, 2.24) is 14.7 Å². The van der Waals surface area contributed by atoms with Crippen molar-refractivity contribution in [1.29, 1.82) is 0 Å². The van der Waals surface area contributed by atoms with Gasteiger partial charge in [-0.15, -0.1) is 0 Å². The minimum Gasteiger partial charge on any atom is -0.469 e. The smallest absolute Gasteiger partial charge is 0.335 e. The van der Waals surface area contributed by atoms with Crippen LogP contribution in [0.4, 0.5) is 4.79 Å². The van der Waals surface area contributed by atoms with Gasteiger partial charge in [0.25, 0.3) is 0 Å². The summed E-state index contributed by atoms with van der Waals surface area (Å²) in [6.07, 6.45) is 0.915. The van der Waals surface area contributed by atoms with E-state index < -0.39 is 30.3 Å². The van der Waals surface area contributed by atoms with Crippen LogP contribution < -0.4 is 0 Å². The number of hydrogen-bond acceptors (Lipinski definition) is 6. The molecule has 0 N–H and O–H groups in total. The molecule has 0 saturated carbocycles. The van der Waals surface area contributed by atoms with E-state index in [0.29, 0.717) is 36.4 Å². The number of carbonyl (C=O) groups is 5. The second kappa shape index (κ2) is 8.20. The molecule has 3 rings (SSSR count). The number of carbonyl (C=O) groups excluding carboxylic acids is 5. The van der Waals surface area contributed by atoms with Crippen LogP contribution in [0, 0.1) is 5.92 Å². The third-order valence-corrected chi connectivity index (χ3v) is 4.99. The summed E-state index contributed by atoms with van der Waals surface area (Å²) in [6, 6.07) is 8.02. The van der Waals surface area contributed by atoms with Gasteiger partial charge in [-0.1, -0.05) is 30.3 Å². The van der Waals surface area contributed by atoms with E-state index in [0.717, 1.165) is 4.90 Å². The van der Waals surface area contributed by atoms with Crippen LogP contribution in [0.15, 0.2) is 30.3 Å². The highest BCUT2D eigenvalue weighted by molar-refractivity contribution is 6.44. The highest BCUT2D eigenvalue weighted by Crippen LogP contribution is 2.20. The first-order valence-corrected chi connectivity index (χ1v) is 8.99. The molecule has 1 aromatic rings. The summed E-state index contributed by atoms with van der Waals surface area (Å²) in [7, 11) is 1.32. The molecule has 9 heteroatoms. The third kappa shape index (κ3) is 3.88. The van der Waals surface area contributed by atoms with Gasteiger partial charge in [0.2, 0.25) is 5.91 Å². The van der Waals surface area contributed by atoms with E-state index in [4.69, 9.17) is 4.74 Å². The molecular weight excluding hydrogens is 366 g/mol. The van der Waals surface area contributed by atoms with Gasteiger partial charge in [0.05, 0.1) is 19.6 Å². The second-order valence-corrected chi connectivity index (χ2v) is 6.73. The number of nitrogens with zero attached hydrogens (tertiary/aromatic N) is 3. The molecule has 0 atom stereocenters. The van der Waals surface area contributed by atoms with Crippen LogP contribution in [0.5, 0.6) is 0 Å². The van der Waals surface area contributed by atoms with Crippen LogP contribution in [-0.4, -0.2) is 71.2 Å². The number of likely N-dealkylation sites (tertiary alicyclic amines) is 1. The fourth-order valence-corrected chi connectivity index (χ4v) is 3.36. The van der Waals surface area contributed by atoms with Crippen LogP contribution in [0.25, 0.3) is 0 Å². The van der Waals surface area contributed by atoms with Crippen LogP contribution in [0.3, 0.4) is 0 Å². The molecule has 0 bridgehead atoms. The zero-order valence-corrected chi connectivity index (χ0v) is 15.5. The van der Waals surface area contributed by atoms with E-state index in [2.05, 4.69) is 0 Å². The van der Waals surface area contributed by atoms with E-state index in [1.165, 1.54) is 12.0 Å². The van der Waals surface area contributed by atoms with Crippen LogP contribution in [0.1, 0.15) is 18.4 Å². The topological polar surface area (TPSA) is 104 Å². The zero-order chi connectivity index (χ0) is 20.3. The molecule has 0 aromatic heterocycles. The monoisotopic (exact) mass is 387 g/mol. The Balaban J connectivity index is 1.60. The van der Waals surface area contributed by atoms with Crippen molar-refractivity contribution in [3.63, 3.8) is 0 Å². The van der Waals surface area contributed by atoms with E-state index in [1.807, 2.05) is 0 Å². The molecule has 148 valence electrons. The summed E-state index contributed by atoms with van der Waals surface area (Å²) in [5.74, 6) is -2.93. The number of esters is 1. The standard InChI is InChI=1S/C19H21N3O6/c1-28-18(26)14-7-9-20(10-8-14)15(23)12-22-17(25)16(24)21(19(22)27)11-13-5-3-2-4-6-13/h2-6,14H,7-12H2,1H3. The maximum atomic E-state index is 12.5. The molecule has 28 heavy (non-hydrogen) atoms. The van der Waals surface area contributed by atoms with Crippen molar-refractivity contribution < 1.29 is 28.7 Å². The number of urea groups is 1. The molecule has 0 unspecified atom stereocenters. The number of imide groups is 2. The lowest BCUT2D eigenvalue weighted by Crippen LogP contribution is -2.47. The van der Waals surface area contributed by atoms with Crippen molar-refractivity contribution in [2.75, 3.05) is 26.7 Å². The average Bonchev–Trinajstić information content (AvgIpc) is 2.92.